The van der Waals surface area contributed by atoms with Crippen LogP contribution < -0.4 is 10.5 Å². The molecule has 0 saturated heterocycles. The summed E-state index contributed by atoms with van der Waals surface area (Å²) < 4.78 is 13.1. The van der Waals surface area contributed by atoms with Crippen molar-refractivity contribution in [3.8, 4) is 5.75 Å². The predicted molar refractivity (Wildman–Crippen MR) is 112 cm³/mol. The molecule has 0 unspecified atom stereocenters. The third-order valence-corrected chi connectivity index (χ3v) is 4.87. The average molecular weight is 376 g/mol. The van der Waals surface area contributed by atoms with Crippen LogP contribution in [0.4, 0.5) is 5.82 Å². The lowest BCUT2D eigenvalue weighted by atomic mass is 10.1. The van der Waals surface area contributed by atoms with Crippen LogP contribution in [-0.2, 0) is 17.7 Å². The van der Waals surface area contributed by atoms with Crippen molar-refractivity contribution in [1.82, 2.24) is 14.5 Å². The van der Waals surface area contributed by atoms with Crippen molar-refractivity contribution in [2.45, 2.75) is 19.4 Å². The summed E-state index contributed by atoms with van der Waals surface area (Å²) >= 11 is 0. The lowest BCUT2D eigenvalue weighted by molar-refractivity contribution is 0.125. The van der Waals surface area contributed by atoms with E-state index in [0.717, 1.165) is 53.7 Å². The highest BCUT2D eigenvalue weighted by Crippen LogP contribution is 2.26. The van der Waals surface area contributed by atoms with Crippen LogP contribution in [0.15, 0.2) is 54.9 Å². The Morgan fingerprint density at radius 1 is 1.04 bits per heavy atom. The molecule has 4 aromatic rings. The molecular weight excluding hydrogens is 352 g/mol. The van der Waals surface area contributed by atoms with Gasteiger partial charge in [0.25, 0.3) is 0 Å². The van der Waals surface area contributed by atoms with Crippen molar-refractivity contribution in [1.29, 1.82) is 0 Å². The number of imidazole rings is 1. The van der Waals surface area contributed by atoms with Gasteiger partial charge in [0.2, 0.25) is 0 Å². The number of hydrogen-bond donors (Lipinski definition) is 1. The third-order valence-electron chi connectivity index (χ3n) is 4.87. The number of nitrogens with zero attached hydrogens (tertiary/aromatic N) is 3. The fourth-order valence-corrected chi connectivity index (χ4v) is 3.41. The zero-order valence-electron chi connectivity index (χ0n) is 16.0. The number of methoxy groups -OCH3 is 1. The minimum atomic E-state index is 0.466. The molecule has 0 radical (unpaired) electrons. The lowest BCUT2D eigenvalue weighted by Crippen LogP contribution is -2.07. The molecule has 0 aliphatic carbocycles. The highest BCUT2D eigenvalue weighted by molar-refractivity contribution is 6.06. The van der Waals surface area contributed by atoms with E-state index in [2.05, 4.69) is 32.7 Å². The number of anilines is 1. The molecule has 2 aromatic heterocycles. The molecule has 0 bridgehead atoms. The van der Waals surface area contributed by atoms with E-state index in [-0.39, 0.29) is 0 Å². The van der Waals surface area contributed by atoms with Gasteiger partial charge in [-0.1, -0.05) is 30.3 Å². The van der Waals surface area contributed by atoms with Gasteiger partial charge in [0.15, 0.2) is 5.82 Å². The number of aromatic nitrogens is 3. The Labute approximate surface area is 163 Å². The Morgan fingerprint density at radius 2 is 1.86 bits per heavy atom. The summed E-state index contributed by atoms with van der Waals surface area (Å²) in [6.45, 7) is 2.08. The molecule has 2 aromatic carbocycles. The molecule has 2 N–H and O–H groups in total. The molecule has 4 rings (SSSR count). The normalized spacial score (nSPS) is 11.3. The van der Waals surface area contributed by atoms with Crippen LogP contribution in [0, 0.1) is 0 Å². The summed E-state index contributed by atoms with van der Waals surface area (Å²) in [4.78, 5) is 8.89. The van der Waals surface area contributed by atoms with Gasteiger partial charge in [-0.3, -0.25) is 0 Å². The minimum absolute atomic E-state index is 0.466. The SMILES string of the molecule is COc1ccc(CCCOCCn2cnc3c(N)nc4ccccc4c32)cc1. The van der Waals surface area contributed by atoms with E-state index in [0.29, 0.717) is 12.4 Å². The number of benzene rings is 2. The molecular formula is C22H24N4O2. The highest BCUT2D eigenvalue weighted by atomic mass is 16.5. The predicted octanol–water partition coefficient (Wildman–Crippen LogP) is 3.82. The average Bonchev–Trinajstić information content (AvgIpc) is 3.16. The van der Waals surface area contributed by atoms with Gasteiger partial charge in [-0.2, -0.15) is 0 Å². The number of pyridine rings is 1. The molecule has 0 fully saturated rings. The molecule has 0 spiro atoms. The molecule has 2 heterocycles. The van der Waals surface area contributed by atoms with Crippen LogP contribution in [0.1, 0.15) is 12.0 Å². The fraction of sp³-hybridized carbons (Fsp3) is 0.273. The van der Waals surface area contributed by atoms with Crippen molar-refractivity contribution < 1.29 is 9.47 Å². The van der Waals surface area contributed by atoms with Gasteiger partial charge in [0, 0.05) is 18.5 Å². The van der Waals surface area contributed by atoms with Crippen LogP contribution in [-0.4, -0.2) is 34.9 Å². The van der Waals surface area contributed by atoms with E-state index < -0.39 is 0 Å². The third kappa shape index (κ3) is 3.77. The van der Waals surface area contributed by atoms with Gasteiger partial charge in [0.05, 0.1) is 31.1 Å². The maximum Gasteiger partial charge on any atom is 0.152 e. The second-order valence-corrected chi connectivity index (χ2v) is 6.71. The Kier molecular flexibility index (Phi) is 5.39. The van der Waals surface area contributed by atoms with Crippen LogP contribution >= 0.6 is 0 Å². The summed E-state index contributed by atoms with van der Waals surface area (Å²) in [6, 6.07) is 16.2. The van der Waals surface area contributed by atoms with E-state index in [1.54, 1.807) is 7.11 Å². The molecule has 0 aliphatic rings. The number of fused-ring (bicyclic) bond motifs is 3. The molecule has 6 nitrogen and oxygen atoms in total. The summed E-state index contributed by atoms with van der Waals surface area (Å²) in [5, 5.41) is 1.06. The van der Waals surface area contributed by atoms with Gasteiger partial charge < -0.3 is 19.8 Å². The first-order valence-electron chi connectivity index (χ1n) is 9.46. The summed E-state index contributed by atoms with van der Waals surface area (Å²) in [5.74, 6) is 1.35. The minimum Gasteiger partial charge on any atom is -0.497 e. The number of aryl methyl sites for hydroxylation is 1. The van der Waals surface area contributed by atoms with Gasteiger partial charge in [-0.25, -0.2) is 9.97 Å². The van der Waals surface area contributed by atoms with E-state index in [9.17, 15) is 0 Å². The largest absolute Gasteiger partial charge is 0.497 e. The number of ether oxygens (including phenoxy) is 2. The Hall–Kier alpha value is -3.12. The first kappa shape index (κ1) is 18.3. The van der Waals surface area contributed by atoms with Gasteiger partial charge in [-0.15, -0.1) is 0 Å². The van der Waals surface area contributed by atoms with E-state index in [4.69, 9.17) is 15.2 Å². The highest BCUT2D eigenvalue weighted by Gasteiger charge is 2.11. The smallest absolute Gasteiger partial charge is 0.152 e. The maximum absolute atomic E-state index is 6.08. The lowest BCUT2D eigenvalue weighted by Gasteiger charge is -2.09. The Balaban J connectivity index is 1.33. The maximum atomic E-state index is 6.08. The number of hydrogen-bond acceptors (Lipinski definition) is 5. The van der Waals surface area contributed by atoms with Gasteiger partial charge in [-0.05, 0) is 36.6 Å². The Morgan fingerprint density at radius 3 is 2.68 bits per heavy atom. The first-order chi connectivity index (χ1) is 13.8. The van der Waals surface area contributed by atoms with Crippen molar-refractivity contribution in [2.75, 3.05) is 26.1 Å². The van der Waals surface area contributed by atoms with Crippen molar-refractivity contribution in [3.63, 3.8) is 0 Å². The molecule has 6 heteroatoms. The summed E-state index contributed by atoms with van der Waals surface area (Å²) in [5.41, 5.74) is 10.0. The van der Waals surface area contributed by atoms with E-state index >= 15 is 0 Å². The van der Waals surface area contributed by atoms with Crippen LogP contribution in [0.3, 0.4) is 0 Å². The molecule has 28 heavy (non-hydrogen) atoms. The van der Waals surface area contributed by atoms with E-state index in [1.807, 2.05) is 36.7 Å². The Bertz CT molecular complexity index is 1070. The van der Waals surface area contributed by atoms with Gasteiger partial charge >= 0.3 is 0 Å². The molecule has 0 amide bonds. The monoisotopic (exact) mass is 376 g/mol. The second-order valence-electron chi connectivity index (χ2n) is 6.71. The number of nitrogens with two attached hydrogens (primary N) is 1. The zero-order chi connectivity index (χ0) is 19.3. The number of para-hydroxylation sites is 1. The standard InChI is InChI=1S/C22H24N4O2/c1-27-17-10-8-16(9-11-17)5-4-13-28-14-12-26-15-24-20-21(26)18-6-2-3-7-19(18)25-22(20)23/h2-3,6-11,15H,4-5,12-14H2,1H3,(H2,23,25). The quantitative estimate of drug-likeness (QED) is 0.473. The van der Waals surface area contributed by atoms with Crippen molar-refractivity contribution in [2.24, 2.45) is 0 Å². The number of nitrogen functional groups attached to an aromatic ring is 1. The first-order valence-corrected chi connectivity index (χ1v) is 9.46. The van der Waals surface area contributed by atoms with Crippen LogP contribution in [0.2, 0.25) is 0 Å². The summed E-state index contributed by atoms with van der Waals surface area (Å²) in [6.07, 6.45) is 3.79. The molecule has 0 saturated carbocycles. The second kappa shape index (κ2) is 8.27. The van der Waals surface area contributed by atoms with E-state index in [1.165, 1.54) is 5.56 Å². The molecule has 0 atom stereocenters. The summed E-state index contributed by atoms with van der Waals surface area (Å²) in [7, 11) is 1.68. The van der Waals surface area contributed by atoms with Crippen LogP contribution in [0.5, 0.6) is 5.75 Å². The zero-order valence-corrected chi connectivity index (χ0v) is 16.0. The topological polar surface area (TPSA) is 75.2 Å². The van der Waals surface area contributed by atoms with Gasteiger partial charge in [0.1, 0.15) is 11.3 Å². The van der Waals surface area contributed by atoms with Crippen molar-refractivity contribution in [3.05, 3.63) is 60.4 Å². The molecule has 144 valence electrons. The van der Waals surface area contributed by atoms with Crippen molar-refractivity contribution >= 4 is 27.8 Å². The number of rotatable bonds is 8. The fourth-order valence-electron chi connectivity index (χ4n) is 3.41. The molecule has 0 aliphatic heterocycles. The van der Waals surface area contributed by atoms with Crippen LogP contribution in [0.25, 0.3) is 21.9 Å².